The monoisotopic (exact) mass is 1670 g/mol. The van der Waals surface area contributed by atoms with Crippen molar-refractivity contribution in [1.82, 2.24) is 61.0 Å². The van der Waals surface area contributed by atoms with Crippen molar-refractivity contribution in [2.75, 3.05) is 30.3 Å². The molecular weight excluding hydrogens is 1550 g/mol. The number of aromatic nitrogens is 6. The van der Waals surface area contributed by atoms with Crippen LogP contribution >= 0.6 is 0 Å². The summed E-state index contributed by atoms with van der Waals surface area (Å²) in [5.74, 6) is -0.549. The number of hydrogen-bond donors (Lipinski definition) is 4. The van der Waals surface area contributed by atoms with E-state index in [1.807, 2.05) is 18.2 Å². The van der Waals surface area contributed by atoms with Crippen LogP contribution in [0.3, 0.4) is 0 Å². The van der Waals surface area contributed by atoms with Crippen molar-refractivity contribution in [2.45, 2.75) is 253 Å². The Morgan fingerprint density at radius 2 is 0.800 bits per heavy atom. The van der Waals surface area contributed by atoms with Gasteiger partial charge in [0.25, 0.3) is 17.7 Å². The van der Waals surface area contributed by atoms with Crippen molar-refractivity contribution in [3.05, 3.63) is 159 Å². The molecule has 0 unspecified atom stereocenters. The van der Waals surface area contributed by atoms with E-state index in [9.17, 15) is 70.8 Å². The van der Waals surface area contributed by atoms with E-state index in [4.69, 9.17) is 0 Å². The number of amides is 3. The second-order valence-corrected chi connectivity index (χ2v) is 38.4. The van der Waals surface area contributed by atoms with Gasteiger partial charge in [-0.05, 0) is 171 Å². The molecule has 3 saturated carbocycles. The number of nitrogens with zero attached hydrogens (tertiary/aromatic N) is 8. The molecule has 3 aliphatic heterocycles. The highest BCUT2D eigenvalue weighted by Gasteiger charge is 2.45. The first-order valence-corrected chi connectivity index (χ1v) is 44.0. The molecule has 115 heavy (non-hydrogen) atoms. The minimum atomic E-state index is -4.11. The predicted octanol–water partition coefficient (Wildman–Crippen LogP) is 16.1. The summed E-state index contributed by atoms with van der Waals surface area (Å²) in [7, 11) is -9.94. The van der Waals surface area contributed by atoms with Gasteiger partial charge in [-0.25, -0.2) is 25.3 Å². The number of carbonyl (C=O) groups excluding carboxylic acids is 4. The van der Waals surface area contributed by atoms with Gasteiger partial charge in [0.15, 0.2) is 29.5 Å². The van der Waals surface area contributed by atoms with Crippen LogP contribution in [0.15, 0.2) is 106 Å². The summed E-state index contributed by atoms with van der Waals surface area (Å²) in [6.45, 7) is 23.6. The number of hydrogen-bond acceptors (Lipinski definition) is 19. The Labute approximate surface area is 677 Å². The Kier molecular flexibility index (Phi) is 35.2. The maximum atomic E-state index is 13.1. The third-order valence-electron chi connectivity index (χ3n) is 22.4. The molecule has 3 amide bonds. The zero-order valence-corrected chi connectivity index (χ0v) is 68.0. The summed E-state index contributed by atoms with van der Waals surface area (Å²) >= 11 is 0. The summed E-state index contributed by atoms with van der Waals surface area (Å²) in [6, 6.07) is 15.2. The molecule has 6 aromatic heterocycles. The van der Waals surface area contributed by atoms with Gasteiger partial charge in [-0.2, -0.15) is 26.3 Å². The van der Waals surface area contributed by atoms with Gasteiger partial charge in [0.2, 0.25) is 0 Å². The Hall–Kier alpha value is -7.71. The summed E-state index contributed by atoms with van der Waals surface area (Å²) in [4.78, 5) is 79.6. The van der Waals surface area contributed by atoms with Crippen molar-refractivity contribution >= 4 is 53.5 Å². The standard InChI is InChI=1S/2C27H35F3N4O3S.C19H24N4O3S.C8H14O.3CH4/c2*1-4-38(36,37)23-10-9-22(31-14-23)13-33-26(35)19-11-20-16-34(25(17(2)3)24(20)32-12-19)15-18-5-7-21(8-6-18)27(28,29)30;1-4-27(25,26)16-6-5-15(20-11-16)10-23-19(24)14-7-13-8-21-17(12(2)3)18(13)22-9-14;1-7-2-4-8(6-9)5-3-7;;;/h2*9-12,14,17-18,21,25H,4-8,13,15-16H2,1-3H3,(H,33,35);5-7,9,11-12,17,21H,4,8,10H2,1-3H3,(H,23,24);6-8H,2-5H2,1H3;3*1H4/t2*18?,21?,25-;17-;;;;/m000..../s1. The molecule has 0 radical (unpaired) electrons. The van der Waals surface area contributed by atoms with E-state index >= 15 is 0 Å². The number of alkyl halides is 6. The van der Waals surface area contributed by atoms with Crippen molar-refractivity contribution < 1.29 is 70.8 Å². The lowest BCUT2D eigenvalue weighted by Gasteiger charge is -2.35. The molecular formula is C84H120F6N12O10S3. The highest BCUT2D eigenvalue weighted by atomic mass is 32.2. The molecule has 3 aliphatic carbocycles. The third-order valence-corrected chi connectivity index (χ3v) is 27.5. The van der Waals surface area contributed by atoms with Crippen molar-refractivity contribution in [2.24, 2.45) is 53.3 Å². The molecule has 636 valence electrons. The molecule has 0 saturated heterocycles. The van der Waals surface area contributed by atoms with Crippen LogP contribution in [0.2, 0.25) is 0 Å². The van der Waals surface area contributed by atoms with Crippen LogP contribution < -0.4 is 21.3 Å². The molecule has 22 nitrogen and oxygen atoms in total. The van der Waals surface area contributed by atoms with Gasteiger partial charge in [-0.15, -0.1) is 0 Å². The van der Waals surface area contributed by atoms with Gasteiger partial charge in [0.1, 0.15) is 6.29 Å². The fraction of sp³-hybridized carbons (Fsp3) is 0.595. The Bertz CT molecular complexity index is 4340. The van der Waals surface area contributed by atoms with E-state index in [1.165, 1.54) is 49.6 Å². The molecule has 0 spiro atoms. The van der Waals surface area contributed by atoms with Gasteiger partial charge >= 0.3 is 12.4 Å². The fourth-order valence-corrected chi connectivity index (χ4v) is 18.1. The lowest BCUT2D eigenvalue weighted by atomic mass is 9.81. The first-order valence-electron chi connectivity index (χ1n) is 39.1. The van der Waals surface area contributed by atoms with Crippen LogP contribution in [0.25, 0.3) is 0 Å². The van der Waals surface area contributed by atoms with Crippen molar-refractivity contribution in [3.8, 4) is 0 Å². The summed E-state index contributed by atoms with van der Waals surface area (Å²) in [5.41, 5.74) is 8.85. The SMILES string of the molecule is C.C.C.CC1CCC(C=O)CC1.CCS(=O)(=O)c1ccc(CNC(=O)c2cnc3c(c2)CN(CC2CCC(C(F)(F)F)CC2)[C@H]3C(C)C)nc1.CCS(=O)(=O)c1ccc(CNC(=O)c2cnc3c(c2)CN(CC2CCC(C(F)(F)F)CC2)[C@H]3C(C)C)nc1.CCS(=O)(=O)c1ccc(CNC(=O)c2cnc3c(c2)CN[C@H]3C(C)C)nc1. The van der Waals surface area contributed by atoms with Crippen LogP contribution in [-0.4, -0.2) is 132 Å². The van der Waals surface area contributed by atoms with E-state index in [2.05, 4.69) is 109 Å². The van der Waals surface area contributed by atoms with Crippen LogP contribution in [0, 0.1) is 53.3 Å². The Morgan fingerprint density at radius 1 is 0.470 bits per heavy atom. The van der Waals surface area contributed by atoms with Gasteiger partial charge in [-0.1, -0.05) is 104 Å². The third kappa shape index (κ3) is 25.7. The molecule has 6 aromatic rings. The zero-order valence-electron chi connectivity index (χ0n) is 65.6. The minimum Gasteiger partial charge on any atom is -0.346 e. The summed E-state index contributed by atoms with van der Waals surface area (Å²) in [6.07, 6.45) is 9.37. The van der Waals surface area contributed by atoms with Crippen molar-refractivity contribution in [1.29, 1.82) is 0 Å². The maximum absolute atomic E-state index is 13.1. The van der Waals surface area contributed by atoms with E-state index in [0.717, 1.165) is 71.9 Å². The number of sulfone groups is 3. The molecule has 3 fully saturated rings. The largest absolute Gasteiger partial charge is 0.391 e. The molecule has 0 aromatic carbocycles. The van der Waals surface area contributed by atoms with Crippen LogP contribution in [-0.2, 0) is 73.6 Å². The second-order valence-electron chi connectivity index (χ2n) is 31.5. The molecule has 6 aliphatic rings. The quantitative estimate of drug-likeness (QED) is 0.0342. The van der Waals surface area contributed by atoms with Crippen molar-refractivity contribution in [3.63, 3.8) is 0 Å². The Balaban J connectivity index is 0.000000254. The summed E-state index contributed by atoms with van der Waals surface area (Å²) < 4.78 is 150. The summed E-state index contributed by atoms with van der Waals surface area (Å²) in [5, 5.41) is 11.8. The molecule has 9 heterocycles. The van der Waals surface area contributed by atoms with Gasteiger partial charge in [0, 0.05) is 75.8 Å². The van der Waals surface area contributed by atoms with Crippen LogP contribution in [0.1, 0.15) is 269 Å². The fourth-order valence-electron chi connectivity index (χ4n) is 15.7. The highest BCUT2D eigenvalue weighted by molar-refractivity contribution is 7.92. The van der Waals surface area contributed by atoms with E-state index < -0.39 is 53.7 Å². The second kappa shape index (κ2) is 42.1. The van der Waals surface area contributed by atoms with E-state index in [0.29, 0.717) is 90.9 Å². The van der Waals surface area contributed by atoms with Crippen LogP contribution in [0.4, 0.5) is 26.3 Å². The average molecular weight is 1670 g/mol. The zero-order chi connectivity index (χ0) is 81.6. The first-order chi connectivity index (χ1) is 52.9. The molecule has 3 atom stereocenters. The number of halogens is 6. The van der Waals surface area contributed by atoms with E-state index in [-0.39, 0.29) is 159 Å². The lowest BCUT2D eigenvalue weighted by Crippen LogP contribution is -2.35. The number of fused-ring (bicyclic) bond motifs is 3. The topological polar surface area (TPSA) is 303 Å². The highest BCUT2D eigenvalue weighted by Crippen LogP contribution is 2.46. The van der Waals surface area contributed by atoms with Gasteiger partial charge in [0.05, 0.1) is 132 Å². The number of pyridine rings is 6. The average Bonchev–Trinajstić information content (AvgIpc) is 1.64. The maximum Gasteiger partial charge on any atom is 0.391 e. The molecule has 31 heteroatoms. The van der Waals surface area contributed by atoms with Crippen LogP contribution in [0.5, 0.6) is 0 Å². The first kappa shape index (κ1) is 96.1. The minimum absolute atomic E-state index is 0. The van der Waals surface area contributed by atoms with Gasteiger partial charge in [-0.3, -0.25) is 54.1 Å². The lowest BCUT2D eigenvalue weighted by molar-refractivity contribution is -0.185. The van der Waals surface area contributed by atoms with E-state index in [1.54, 1.807) is 57.6 Å². The van der Waals surface area contributed by atoms with Gasteiger partial charge < -0.3 is 26.1 Å². The normalized spacial score (nSPS) is 21.5. The number of aldehydes is 1. The smallest absolute Gasteiger partial charge is 0.346 e. The number of nitrogens with one attached hydrogen (secondary N) is 4. The Morgan fingerprint density at radius 3 is 1.09 bits per heavy atom. The molecule has 0 bridgehead atoms. The number of rotatable bonds is 23. The molecule has 12 rings (SSSR count). The molecule has 4 N–H and O–H groups in total. The number of carbonyl (C=O) groups is 4. The predicted molar refractivity (Wildman–Crippen MR) is 433 cm³/mol.